The van der Waals surface area contributed by atoms with Gasteiger partial charge in [-0.2, -0.15) is 0 Å². The van der Waals surface area contributed by atoms with E-state index in [-0.39, 0.29) is 12.1 Å². The van der Waals surface area contributed by atoms with Gasteiger partial charge in [0.2, 0.25) is 0 Å². The lowest BCUT2D eigenvalue weighted by molar-refractivity contribution is 0.122. The summed E-state index contributed by atoms with van der Waals surface area (Å²) >= 11 is 13.6. The molecule has 0 bridgehead atoms. The summed E-state index contributed by atoms with van der Waals surface area (Å²) in [4.78, 5) is 10.3. The lowest BCUT2D eigenvalue weighted by atomic mass is 10.0. The van der Waals surface area contributed by atoms with Crippen LogP contribution in [-0.4, -0.2) is 36.4 Å². The number of hydrogen-bond donors (Lipinski definition) is 1. The number of nitrogens with zero attached hydrogens (tertiary/aromatic N) is 3. The molecule has 2 saturated heterocycles. The number of halogens is 1. The van der Waals surface area contributed by atoms with E-state index in [4.69, 9.17) is 28.6 Å². The Labute approximate surface area is 190 Å². The Morgan fingerprint density at radius 2 is 1.80 bits per heavy atom. The number of pyridine rings is 1. The van der Waals surface area contributed by atoms with Gasteiger partial charge in [0.1, 0.15) is 0 Å². The molecule has 2 aliphatic heterocycles. The van der Waals surface area contributed by atoms with Crippen LogP contribution in [0.2, 0.25) is 4.34 Å². The van der Waals surface area contributed by atoms with Gasteiger partial charge in [-0.3, -0.25) is 4.98 Å². The first-order chi connectivity index (χ1) is 14.7. The van der Waals surface area contributed by atoms with Gasteiger partial charge in [0.25, 0.3) is 0 Å². The number of thiophene rings is 1. The van der Waals surface area contributed by atoms with Crippen LogP contribution >= 0.6 is 35.2 Å². The summed E-state index contributed by atoms with van der Waals surface area (Å²) in [5.74, 6) is 0. The summed E-state index contributed by atoms with van der Waals surface area (Å²) in [5, 5.41) is 4.18. The van der Waals surface area contributed by atoms with Crippen molar-refractivity contribution in [2.75, 3.05) is 36.1 Å². The fraction of sp³-hybridized carbons (Fsp3) is 0.273. The van der Waals surface area contributed by atoms with Crippen molar-refractivity contribution < 1.29 is 4.74 Å². The number of rotatable bonds is 4. The molecule has 0 radical (unpaired) electrons. The molecule has 5 rings (SSSR count). The van der Waals surface area contributed by atoms with E-state index >= 15 is 0 Å². The predicted octanol–water partition coefficient (Wildman–Crippen LogP) is 4.81. The van der Waals surface area contributed by atoms with Crippen LogP contribution in [0.25, 0.3) is 0 Å². The van der Waals surface area contributed by atoms with Crippen molar-refractivity contribution in [3.63, 3.8) is 0 Å². The highest BCUT2D eigenvalue weighted by atomic mass is 35.5. The fourth-order valence-electron chi connectivity index (χ4n) is 4.05. The summed E-state index contributed by atoms with van der Waals surface area (Å²) in [6.45, 7) is 3.38. The third-order valence-corrected chi connectivity index (χ3v) is 7.10. The molecule has 0 spiro atoms. The molecule has 2 atom stereocenters. The van der Waals surface area contributed by atoms with E-state index < -0.39 is 0 Å². The van der Waals surface area contributed by atoms with E-state index in [9.17, 15) is 0 Å². The largest absolute Gasteiger partial charge is 0.378 e. The average molecular weight is 457 g/mol. The number of nitrogens with one attached hydrogen (secondary N) is 1. The molecule has 5 nitrogen and oxygen atoms in total. The Bertz CT molecular complexity index is 1020. The molecule has 8 heteroatoms. The predicted molar refractivity (Wildman–Crippen MR) is 127 cm³/mol. The third kappa shape index (κ3) is 3.78. The standard InChI is InChI=1S/C22H21ClN4OS2/c23-19-9-8-18(30-19)21-20(17-3-1-2-10-24-17)25-22(29)27(21)16-6-4-15(5-7-16)26-11-13-28-14-12-26/h1-10,20-21H,11-14H2,(H,25,29)/t20-,21+/m0/s1. The van der Waals surface area contributed by atoms with Crippen molar-refractivity contribution in [2.45, 2.75) is 12.1 Å². The number of thiocarbonyl (C=S) groups is 1. The summed E-state index contributed by atoms with van der Waals surface area (Å²) < 4.78 is 6.24. The number of ether oxygens (including phenoxy) is 1. The second-order valence-electron chi connectivity index (χ2n) is 7.25. The minimum absolute atomic E-state index is 0.0147. The SMILES string of the molecule is S=C1N[C@@H](c2ccccn2)[C@@H](c2ccc(Cl)s2)N1c1ccc(N2CCOCC2)cc1. The van der Waals surface area contributed by atoms with Crippen LogP contribution in [0.4, 0.5) is 11.4 Å². The van der Waals surface area contributed by atoms with Crippen LogP contribution in [0.15, 0.2) is 60.8 Å². The average Bonchev–Trinajstić information content (AvgIpc) is 3.38. The molecule has 30 heavy (non-hydrogen) atoms. The lowest BCUT2D eigenvalue weighted by Crippen LogP contribution is -2.36. The summed E-state index contributed by atoms with van der Waals surface area (Å²) in [6.07, 6.45) is 1.82. The van der Waals surface area contributed by atoms with Gasteiger partial charge >= 0.3 is 0 Å². The molecule has 3 aromatic rings. The first kappa shape index (κ1) is 19.8. The zero-order valence-corrected chi connectivity index (χ0v) is 18.6. The smallest absolute Gasteiger partial charge is 0.174 e. The second-order valence-corrected chi connectivity index (χ2v) is 9.39. The Morgan fingerprint density at radius 3 is 2.47 bits per heavy atom. The normalized spacial score (nSPS) is 21.7. The van der Waals surface area contributed by atoms with Gasteiger partial charge in [0.15, 0.2) is 5.11 Å². The maximum atomic E-state index is 6.28. The van der Waals surface area contributed by atoms with Crippen LogP contribution in [-0.2, 0) is 4.74 Å². The molecule has 0 saturated carbocycles. The van der Waals surface area contributed by atoms with E-state index in [1.807, 2.05) is 30.5 Å². The Kier molecular flexibility index (Phi) is 5.60. The minimum Gasteiger partial charge on any atom is -0.378 e. The van der Waals surface area contributed by atoms with E-state index in [1.54, 1.807) is 11.3 Å². The maximum absolute atomic E-state index is 6.28. The highest BCUT2D eigenvalue weighted by Gasteiger charge is 2.41. The number of anilines is 2. The molecule has 0 aliphatic carbocycles. The summed E-state index contributed by atoms with van der Waals surface area (Å²) in [6, 6.07) is 18.5. The van der Waals surface area contributed by atoms with Gasteiger partial charge in [-0.05, 0) is 60.7 Å². The summed E-state index contributed by atoms with van der Waals surface area (Å²) in [7, 11) is 0. The number of morpholine rings is 1. The highest BCUT2D eigenvalue weighted by Crippen LogP contribution is 2.44. The quantitative estimate of drug-likeness (QED) is 0.568. The Hall–Kier alpha value is -2.19. The Balaban J connectivity index is 1.50. The Morgan fingerprint density at radius 1 is 1.03 bits per heavy atom. The van der Waals surface area contributed by atoms with Gasteiger partial charge in [0.05, 0.1) is 35.3 Å². The first-order valence-corrected chi connectivity index (χ1v) is 11.5. The van der Waals surface area contributed by atoms with Crippen molar-refractivity contribution >= 4 is 51.6 Å². The number of aromatic nitrogens is 1. The van der Waals surface area contributed by atoms with Gasteiger partial charge < -0.3 is 19.9 Å². The van der Waals surface area contributed by atoms with E-state index in [0.29, 0.717) is 5.11 Å². The molecular weight excluding hydrogens is 436 g/mol. The van der Waals surface area contributed by atoms with E-state index in [1.165, 1.54) is 5.69 Å². The van der Waals surface area contributed by atoms with E-state index in [0.717, 1.165) is 46.9 Å². The molecule has 4 heterocycles. The molecule has 2 aliphatic rings. The monoisotopic (exact) mass is 456 g/mol. The number of benzene rings is 1. The van der Waals surface area contributed by atoms with Crippen LogP contribution in [0.1, 0.15) is 22.7 Å². The van der Waals surface area contributed by atoms with E-state index in [2.05, 4.69) is 50.4 Å². The van der Waals surface area contributed by atoms with Crippen LogP contribution in [0, 0.1) is 0 Å². The zero-order chi connectivity index (χ0) is 20.5. The molecule has 1 aromatic carbocycles. The minimum atomic E-state index is -0.0488. The summed E-state index contributed by atoms with van der Waals surface area (Å²) in [5.41, 5.74) is 3.22. The van der Waals surface area contributed by atoms with Crippen molar-refractivity contribution in [1.29, 1.82) is 0 Å². The number of hydrogen-bond acceptors (Lipinski definition) is 5. The lowest BCUT2D eigenvalue weighted by Gasteiger charge is -2.30. The topological polar surface area (TPSA) is 40.6 Å². The molecule has 2 fully saturated rings. The van der Waals surface area contributed by atoms with Crippen molar-refractivity contribution in [1.82, 2.24) is 10.3 Å². The van der Waals surface area contributed by atoms with Crippen molar-refractivity contribution in [2.24, 2.45) is 0 Å². The third-order valence-electron chi connectivity index (χ3n) is 5.49. The molecule has 154 valence electrons. The second kappa shape index (κ2) is 8.51. The molecule has 1 N–H and O–H groups in total. The van der Waals surface area contributed by atoms with Crippen molar-refractivity contribution in [3.05, 3.63) is 75.7 Å². The highest BCUT2D eigenvalue weighted by molar-refractivity contribution is 7.80. The zero-order valence-electron chi connectivity index (χ0n) is 16.2. The first-order valence-electron chi connectivity index (χ1n) is 9.89. The van der Waals surface area contributed by atoms with Crippen LogP contribution in [0.3, 0.4) is 0 Å². The van der Waals surface area contributed by atoms with Crippen LogP contribution in [0.5, 0.6) is 0 Å². The van der Waals surface area contributed by atoms with Crippen LogP contribution < -0.4 is 15.1 Å². The van der Waals surface area contributed by atoms with Gasteiger partial charge in [-0.15, -0.1) is 11.3 Å². The molecule has 0 unspecified atom stereocenters. The fourth-order valence-corrected chi connectivity index (χ4v) is 5.59. The van der Waals surface area contributed by atoms with Crippen molar-refractivity contribution in [3.8, 4) is 0 Å². The molecule has 0 amide bonds. The molecule has 2 aromatic heterocycles. The van der Waals surface area contributed by atoms with Gasteiger partial charge in [0, 0.05) is 35.5 Å². The molecular formula is C22H21ClN4OS2. The van der Waals surface area contributed by atoms with Gasteiger partial charge in [-0.1, -0.05) is 17.7 Å². The maximum Gasteiger partial charge on any atom is 0.174 e. The van der Waals surface area contributed by atoms with Gasteiger partial charge in [-0.25, -0.2) is 0 Å².